The summed E-state index contributed by atoms with van der Waals surface area (Å²) in [4.78, 5) is 1.03. The number of rotatable bonds is 1. The van der Waals surface area contributed by atoms with Crippen molar-refractivity contribution in [3.63, 3.8) is 0 Å². The summed E-state index contributed by atoms with van der Waals surface area (Å²) < 4.78 is 0. The molecule has 0 aliphatic rings. The number of aryl methyl sites for hydroxylation is 2. The van der Waals surface area contributed by atoms with E-state index < -0.39 is 0 Å². The van der Waals surface area contributed by atoms with Gasteiger partial charge in [0, 0.05) is 4.90 Å². The van der Waals surface area contributed by atoms with E-state index in [1.54, 1.807) is 0 Å². The third kappa shape index (κ3) is 2.24. The second-order valence-electron chi connectivity index (χ2n) is 3.89. The third-order valence-electron chi connectivity index (χ3n) is 2.44. The van der Waals surface area contributed by atoms with E-state index in [1.807, 2.05) is 18.2 Å². The molecule has 0 unspecified atom stereocenters. The van der Waals surface area contributed by atoms with Crippen LogP contribution >= 0.6 is 12.6 Å². The van der Waals surface area contributed by atoms with Crippen molar-refractivity contribution >= 4 is 12.6 Å². The maximum Gasteiger partial charge on any atom is 0.0119 e. The molecule has 0 saturated heterocycles. The van der Waals surface area contributed by atoms with E-state index in [9.17, 15) is 0 Å². The molecule has 0 N–H and O–H groups in total. The van der Waals surface area contributed by atoms with Crippen molar-refractivity contribution in [2.75, 3.05) is 0 Å². The molecular weight excluding hydrogens is 200 g/mol. The zero-order valence-corrected chi connectivity index (χ0v) is 9.88. The van der Waals surface area contributed by atoms with Crippen LogP contribution in [0, 0.1) is 13.8 Å². The molecular formula is C14H14S. The Labute approximate surface area is 96.4 Å². The topological polar surface area (TPSA) is 0 Å². The fourth-order valence-corrected chi connectivity index (χ4v) is 2.14. The van der Waals surface area contributed by atoms with Gasteiger partial charge in [0.05, 0.1) is 0 Å². The zero-order chi connectivity index (χ0) is 10.8. The molecule has 15 heavy (non-hydrogen) atoms. The SMILES string of the molecule is Cc1cc(C)cc(-c2ccccc2S)c1. The van der Waals surface area contributed by atoms with Gasteiger partial charge >= 0.3 is 0 Å². The van der Waals surface area contributed by atoms with E-state index in [-0.39, 0.29) is 0 Å². The highest BCUT2D eigenvalue weighted by molar-refractivity contribution is 7.80. The lowest BCUT2D eigenvalue weighted by Crippen LogP contribution is -1.83. The Balaban J connectivity index is 2.59. The second kappa shape index (κ2) is 4.11. The van der Waals surface area contributed by atoms with E-state index in [0.717, 1.165) is 4.90 Å². The van der Waals surface area contributed by atoms with Crippen LogP contribution in [0.3, 0.4) is 0 Å². The van der Waals surface area contributed by atoms with Crippen LogP contribution in [0.1, 0.15) is 11.1 Å². The van der Waals surface area contributed by atoms with Crippen molar-refractivity contribution in [1.82, 2.24) is 0 Å². The van der Waals surface area contributed by atoms with Crippen LogP contribution in [0.25, 0.3) is 11.1 Å². The minimum Gasteiger partial charge on any atom is -0.143 e. The normalized spacial score (nSPS) is 10.3. The summed E-state index contributed by atoms with van der Waals surface area (Å²) in [5, 5.41) is 0. The molecule has 2 rings (SSSR count). The van der Waals surface area contributed by atoms with Crippen molar-refractivity contribution in [3.05, 3.63) is 53.6 Å². The van der Waals surface area contributed by atoms with Gasteiger partial charge in [0.25, 0.3) is 0 Å². The standard InChI is InChI=1S/C14H14S/c1-10-7-11(2)9-12(8-10)13-5-3-4-6-14(13)15/h3-9,15H,1-2H3. The first-order chi connectivity index (χ1) is 7.16. The monoisotopic (exact) mass is 214 g/mol. The molecule has 0 spiro atoms. The molecule has 0 fully saturated rings. The Morgan fingerprint density at radius 3 is 2.07 bits per heavy atom. The predicted molar refractivity (Wildman–Crippen MR) is 68.6 cm³/mol. The van der Waals surface area contributed by atoms with Crippen LogP contribution in [0.2, 0.25) is 0 Å². The summed E-state index contributed by atoms with van der Waals surface area (Å²) in [6.07, 6.45) is 0. The first-order valence-corrected chi connectivity index (χ1v) is 5.48. The Bertz CT molecular complexity index is 466. The van der Waals surface area contributed by atoms with Crippen molar-refractivity contribution in [1.29, 1.82) is 0 Å². The molecule has 0 radical (unpaired) electrons. The van der Waals surface area contributed by atoms with Crippen LogP contribution in [0.4, 0.5) is 0 Å². The fraction of sp³-hybridized carbons (Fsp3) is 0.143. The van der Waals surface area contributed by atoms with Gasteiger partial charge in [0.2, 0.25) is 0 Å². The second-order valence-corrected chi connectivity index (χ2v) is 4.38. The molecule has 76 valence electrons. The first kappa shape index (κ1) is 10.3. The summed E-state index contributed by atoms with van der Waals surface area (Å²) in [6, 6.07) is 14.8. The molecule has 0 aliphatic heterocycles. The van der Waals surface area contributed by atoms with E-state index in [0.29, 0.717) is 0 Å². The van der Waals surface area contributed by atoms with Crippen LogP contribution in [-0.2, 0) is 0 Å². The molecule has 0 amide bonds. The Hall–Kier alpha value is -1.21. The summed E-state index contributed by atoms with van der Waals surface area (Å²) in [7, 11) is 0. The predicted octanol–water partition coefficient (Wildman–Crippen LogP) is 4.26. The summed E-state index contributed by atoms with van der Waals surface area (Å²) in [5.74, 6) is 0. The summed E-state index contributed by atoms with van der Waals surface area (Å²) in [6.45, 7) is 4.25. The van der Waals surface area contributed by atoms with Crippen LogP contribution in [0.15, 0.2) is 47.4 Å². The molecule has 0 heterocycles. The van der Waals surface area contributed by atoms with Gasteiger partial charge in [-0.15, -0.1) is 12.6 Å². The molecule has 0 atom stereocenters. The molecule has 0 aromatic heterocycles. The number of benzene rings is 2. The van der Waals surface area contributed by atoms with Crippen molar-refractivity contribution in [2.45, 2.75) is 18.7 Å². The minimum absolute atomic E-state index is 1.03. The molecule has 0 aliphatic carbocycles. The van der Waals surface area contributed by atoms with Gasteiger partial charge in [-0.25, -0.2) is 0 Å². The van der Waals surface area contributed by atoms with E-state index >= 15 is 0 Å². The molecule has 2 aromatic carbocycles. The highest BCUT2D eigenvalue weighted by atomic mass is 32.1. The Morgan fingerprint density at radius 1 is 0.867 bits per heavy atom. The smallest absolute Gasteiger partial charge is 0.0119 e. The fourth-order valence-electron chi connectivity index (χ4n) is 1.85. The van der Waals surface area contributed by atoms with E-state index in [4.69, 9.17) is 0 Å². The van der Waals surface area contributed by atoms with Gasteiger partial charge in [-0.05, 0) is 31.0 Å². The van der Waals surface area contributed by atoms with Crippen molar-refractivity contribution in [3.8, 4) is 11.1 Å². The van der Waals surface area contributed by atoms with Gasteiger partial charge in [-0.2, -0.15) is 0 Å². The lowest BCUT2D eigenvalue weighted by molar-refractivity contribution is 1.36. The Kier molecular flexibility index (Phi) is 2.83. The lowest BCUT2D eigenvalue weighted by Gasteiger charge is -2.07. The summed E-state index contributed by atoms with van der Waals surface area (Å²) in [5.41, 5.74) is 5.04. The molecule has 0 nitrogen and oxygen atoms in total. The van der Waals surface area contributed by atoms with Crippen LogP contribution < -0.4 is 0 Å². The van der Waals surface area contributed by atoms with Gasteiger partial charge in [-0.1, -0.05) is 47.5 Å². The maximum absolute atomic E-state index is 4.48. The van der Waals surface area contributed by atoms with Gasteiger partial charge in [0.1, 0.15) is 0 Å². The number of hydrogen-bond acceptors (Lipinski definition) is 1. The maximum atomic E-state index is 4.48. The average Bonchev–Trinajstić information content (AvgIpc) is 2.16. The van der Waals surface area contributed by atoms with Crippen molar-refractivity contribution in [2.24, 2.45) is 0 Å². The van der Waals surface area contributed by atoms with E-state index in [2.05, 4.69) is 50.7 Å². The molecule has 0 saturated carbocycles. The Morgan fingerprint density at radius 2 is 1.47 bits per heavy atom. The average molecular weight is 214 g/mol. The molecule has 2 aromatic rings. The number of thiol groups is 1. The molecule has 1 heteroatoms. The van der Waals surface area contributed by atoms with Crippen LogP contribution in [-0.4, -0.2) is 0 Å². The van der Waals surface area contributed by atoms with E-state index in [1.165, 1.54) is 22.3 Å². The third-order valence-corrected chi connectivity index (χ3v) is 2.83. The highest BCUT2D eigenvalue weighted by Crippen LogP contribution is 2.27. The largest absolute Gasteiger partial charge is 0.143 e. The summed E-state index contributed by atoms with van der Waals surface area (Å²) >= 11 is 4.48. The van der Waals surface area contributed by atoms with Crippen LogP contribution in [0.5, 0.6) is 0 Å². The lowest BCUT2D eigenvalue weighted by atomic mass is 10.0. The van der Waals surface area contributed by atoms with Gasteiger partial charge in [-0.3, -0.25) is 0 Å². The van der Waals surface area contributed by atoms with Gasteiger partial charge in [0.15, 0.2) is 0 Å². The number of hydrogen-bond donors (Lipinski definition) is 1. The van der Waals surface area contributed by atoms with Gasteiger partial charge < -0.3 is 0 Å². The van der Waals surface area contributed by atoms with Crippen molar-refractivity contribution < 1.29 is 0 Å². The quantitative estimate of drug-likeness (QED) is 0.674. The molecule has 0 bridgehead atoms. The first-order valence-electron chi connectivity index (χ1n) is 5.03. The highest BCUT2D eigenvalue weighted by Gasteiger charge is 2.02. The minimum atomic E-state index is 1.03. The zero-order valence-electron chi connectivity index (χ0n) is 8.99.